The monoisotopic (exact) mass is 477 g/mol. The molecule has 0 amide bonds. The van der Waals surface area contributed by atoms with Crippen LogP contribution in [0.1, 0.15) is 48.6 Å². The van der Waals surface area contributed by atoms with E-state index in [1.165, 1.54) is 27.8 Å². The number of aliphatic hydroxyl groups is 2. The minimum absolute atomic E-state index is 0.0759. The van der Waals surface area contributed by atoms with Gasteiger partial charge in [0.1, 0.15) is 0 Å². The van der Waals surface area contributed by atoms with Crippen molar-refractivity contribution in [1.82, 2.24) is 0 Å². The molecule has 0 heterocycles. The van der Waals surface area contributed by atoms with E-state index in [9.17, 15) is 10.2 Å². The number of aliphatic hydroxyl groups excluding tert-OH is 2. The summed E-state index contributed by atoms with van der Waals surface area (Å²) in [6.45, 7) is 7.17. The Morgan fingerprint density at radius 2 is 1.03 bits per heavy atom. The molecule has 4 aromatic rings. The second kappa shape index (κ2) is 9.93. The van der Waals surface area contributed by atoms with Gasteiger partial charge in [0.25, 0.3) is 0 Å². The van der Waals surface area contributed by atoms with E-state index in [0.29, 0.717) is 12.8 Å². The molecule has 36 heavy (non-hydrogen) atoms. The average molecular weight is 478 g/mol. The Morgan fingerprint density at radius 1 is 0.583 bits per heavy atom. The molecule has 0 unspecified atom stereocenters. The zero-order chi connectivity index (χ0) is 25.3. The van der Waals surface area contributed by atoms with Gasteiger partial charge < -0.3 is 15.1 Å². The van der Waals surface area contributed by atoms with Crippen molar-refractivity contribution in [2.45, 2.75) is 45.4 Å². The maximum Gasteiger partial charge on any atom is 0.0471 e. The summed E-state index contributed by atoms with van der Waals surface area (Å²) >= 11 is 0. The van der Waals surface area contributed by atoms with Gasteiger partial charge in [-0.15, -0.1) is 0 Å². The molecule has 0 aliphatic heterocycles. The average Bonchev–Trinajstić information content (AvgIpc) is 3.12. The highest BCUT2D eigenvalue weighted by molar-refractivity contribution is 5.85. The number of fused-ring (bicyclic) bond motifs is 3. The molecule has 0 saturated carbocycles. The van der Waals surface area contributed by atoms with Gasteiger partial charge in [0.15, 0.2) is 0 Å². The maximum atomic E-state index is 9.34. The van der Waals surface area contributed by atoms with Crippen LogP contribution in [0.2, 0.25) is 0 Å². The number of anilines is 3. The predicted molar refractivity (Wildman–Crippen MR) is 150 cm³/mol. The smallest absolute Gasteiger partial charge is 0.0471 e. The molecule has 3 heteroatoms. The molecule has 1 aliphatic carbocycles. The first-order valence-electron chi connectivity index (χ1n) is 12.9. The summed E-state index contributed by atoms with van der Waals surface area (Å²) in [7, 11) is 0. The molecule has 0 bridgehead atoms. The lowest BCUT2D eigenvalue weighted by Crippen LogP contribution is -2.17. The van der Waals surface area contributed by atoms with Crippen LogP contribution in [0.15, 0.2) is 84.9 Å². The molecule has 0 radical (unpaired) electrons. The van der Waals surface area contributed by atoms with Crippen molar-refractivity contribution in [3.8, 4) is 11.1 Å². The normalized spacial score (nSPS) is 13.4. The van der Waals surface area contributed by atoms with Crippen LogP contribution in [0.25, 0.3) is 11.1 Å². The molecule has 184 valence electrons. The highest BCUT2D eigenvalue weighted by atomic mass is 16.3. The first-order chi connectivity index (χ1) is 17.5. The minimum atomic E-state index is -0.0759. The predicted octanol–water partition coefficient (Wildman–Crippen LogP) is 7.09. The third-order valence-corrected chi connectivity index (χ3v) is 7.58. The molecule has 2 N–H and O–H groups in total. The zero-order valence-electron chi connectivity index (χ0n) is 21.5. The van der Waals surface area contributed by atoms with Crippen LogP contribution in [0.4, 0.5) is 17.1 Å². The van der Waals surface area contributed by atoms with E-state index >= 15 is 0 Å². The Bertz CT molecular complexity index is 1300. The quantitative estimate of drug-likeness (QED) is 0.285. The highest BCUT2D eigenvalue weighted by Crippen LogP contribution is 2.51. The molecular formula is C33H35NO2. The summed E-state index contributed by atoms with van der Waals surface area (Å²) in [5.41, 5.74) is 12.2. The Labute approximate surface area is 214 Å². The van der Waals surface area contributed by atoms with Gasteiger partial charge in [-0.2, -0.15) is 0 Å². The molecule has 0 saturated heterocycles. The second-order valence-electron chi connectivity index (χ2n) is 10.2. The number of hydrogen-bond acceptors (Lipinski definition) is 3. The molecule has 0 fully saturated rings. The van der Waals surface area contributed by atoms with Crippen molar-refractivity contribution >= 4 is 17.1 Å². The van der Waals surface area contributed by atoms with Gasteiger partial charge in [-0.1, -0.05) is 69.3 Å². The molecule has 0 atom stereocenters. The Hall–Kier alpha value is -3.40. The summed E-state index contributed by atoms with van der Waals surface area (Å²) in [6.07, 6.45) is 2.35. The molecule has 5 rings (SSSR count). The van der Waals surface area contributed by atoms with Crippen LogP contribution in [0.5, 0.6) is 0 Å². The second-order valence-corrected chi connectivity index (χ2v) is 10.2. The lowest BCUT2D eigenvalue weighted by Gasteiger charge is -2.28. The van der Waals surface area contributed by atoms with E-state index in [1.807, 2.05) is 0 Å². The van der Waals surface area contributed by atoms with Crippen molar-refractivity contribution in [3.05, 3.63) is 113 Å². The summed E-state index contributed by atoms with van der Waals surface area (Å²) in [4.78, 5) is 2.29. The van der Waals surface area contributed by atoms with Gasteiger partial charge in [0, 0.05) is 35.7 Å². The van der Waals surface area contributed by atoms with E-state index < -0.39 is 0 Å². The third kappa shape index (κ3) is 4.34. The van der Waals surface area contributed by atoms with E-state index in [4.69, 9.17) is 0 Å². The lowest BCUT2D eigenvalue weighted by molar-refractivity contribution is 0.299. The van der Waals surface area contributed by atoms with Crippen molar-refractivity contribution in [3.63, 3.8) is 0 Å². The van der Waals surface area contributed by atoms with Crippen molar-refractivity contribution < 1.29 is 10.2 Å². The number of rotatable bonds is 8. The molecule has 1 aliphatic rings. The van der Waals surface area contributed by atoms with E-state index in [2.05, 4.69) is 111 Å². The van der Waals surface area contributed by atoms with Gasteiger partial charge in [0.05, 0.1) is 0 Å². The Balaban J connectivity index is 1.61. The molecule has 3 nitrogen and oxygen atoms in total. The Kier molecular flexibility index (Phi) is 6.70. The van der Waals surface area contributed by atoms with Crippen LogP contribution < -0.4 is 4.90 Å². The lowest BCUT2D eigenvalue weighted by atomic mass is 9.81. The summed E-state index contributed by atoms with van der Waals surface area (Å²) in [5, 5.41) is 18.7. The van der Waals surface area contributed by atoms with Crippen LogP contribution >= 0.6 is 0 Å². The third-order valence-electron chi connectivity index (χ3n) is 7.58. The first kappa shape index (κ1) is 24.3. The van der Waals surface area contributed by atoms with Crippen LogP contribution in [-0.4, -0.2) is 23.4 Å². The first-order valence-corrected chi connectivity index (χ1v) is 12.9. The fraction of sp³-hybridized carbons (Fsp3) is 0.273. The SMILES string of the molecule is CCc1ccc2c(c1)C(C)(C)c1cc(N(c3ccc(CCO)cc3)c3ccc(CCO)cc3)ccc1-2. The standard InChI is InChI=1S/C33H35NO2/c1-4-23-9-15-29-30-16-14-28(22-32(30)33(2,3)31(29)21-23)34(26-10-5-24(6-11-26)17-19-35)27-12-7-25(8-13-27)18-20-36/h5-16,21-22,35-36H,4,17-20H2,1-3H3. The number of nitrogens with zero attached hydrogens (tertiary/aromatic N) is 1. The maximum absolute atomic E-state index is 9.34. The van der Waals surface area contributed by atoms with Crippen LogP contribution in [0.3, 0.4) is 0 Å². The van der Waals surface area contributed by atoms with Gasteiger partial charge in [-0.05, 0) is 94.6 Å². The van der Waals surface area contributed by atoms with Gasteiger partial charge in [-0.25, -0.2) is 0 Å². The minimum Gasteiger partial charge on any atom is -0.396 e. The van der Waals surface area contributed by atoms with Gasteiger partial charge in [-0.3, -0.25) is 0 Å². The molecule has 0 aromatic heterocycles. The van der Waals surface area contributed by atoms with Crippen molar-refractivity contribution in [1.29, 1.82) is 0 Å². The van der Waals surface area contributed by atoms with Gasteiger partial charge in [0.2, 0.25) is 0 Å². The fourth-order valence-corrected chi connectivity index (χ4v) is 5.46. The van der Waals surface area contributed by atoms with E-state index in [0.717, 1.165) is 34.6 Å². The van der Waals surface area contributed by atoms with E-state index in [-0.39, 0.29) is 18.6 Å². The van der Waals surface area contributed by atoms with E-state index in [1.54, 1.807) is 0 Å². The van der Waals surface area contributed by atoms with Crippen molar-refractivity contribution in [2.75, 3.05) is 18.1 Å². The fourth-order valence-electron chi connectivity index (χ4n) is 5.46. The summed E-state index contributed by atoms with van der Waals surface area (Å²) < 4.78 is 0. The summed E-state index contributed by atoms with van der Waals surface area (Å²) in [5.74, 6) is 0. The number of hydrogen-bond donors (Lipinski definition) is 2. The summed E-state index contributed by atoms with van der Waals surface area (Å²) in [6, 6.07) is 30.7. The number of benzene rings is 4. The topological polar surface area (TPSA) is 43.7 Å². The van der Waals surface area contributed by atoms with Crippen LogP contribution in [0, 0.1) is 0 Å². The van der Waals surface area contributed by atoms with Crippen LogP contribution in [-0.2, 0) is 24.7 Å². The largest absolute Gasteiger partial charge is 0.396 e. The van der Waals surface area contributed by atoms with Crippen molar-refractivity contribution in [2.24, 2.45) is 0 Å². The molecule has 4 aromatic carbocycles. The van der Waals surface area contributed by atoms with Gasteiger partial charge >= 0.3 is 0 Å². The zero-order valence-corrected chi connectivity index (χ0v) is 21.5. The molecular weight excluding hydrogens is 442 g/mol. The Morgan fingerprint density at radius 3 is 1.53 bits per heavy atom. The molecule has 0 spiro atoms. The highest BCUT2D eigenvalue weighted by Gasteiger charge is 2.36. The number of aryl methyl sites for hydroxylation is 1.